The van der Waals surface area contributed by atoms with Crippen LogP contribution in [0.5, 0.6) is 0 Å². The van der Waals surface area contributed by atoms with Crippen molar-refractivity contribution >= 4 is 51.4 Å². The van der Waals surface area contributed by atoms with Crippen LogP contribution in [0.15, 0.2) is 42.5 Å². The van der Waals surface area contributed by atoms with Gasteiger partial charge >= 0.3 is 5.97 Å². The number of amides is 1. The topological polar surface area (TPSA) is 58.6 Å². The molecule has 2 aromatic carbocycles. The summed E-state index contributed by atoms with van der Waals surface area (Å²) in [6.45, 7) is 6.90. The molecule has 158 valence electrons. The molecule has 1 aliphatic rings. The SMILES string of the molecule is CCOC(=O)c1c(NC(=O)c2cccc3ccccc23)sc2c1CCN(CC)C2.Cl. The summed E-state index contributed by atoms with van der Waals surface area (Å²) >= 11 is 1.49. The molecular formula is C23H25ClN2O3S. The molecule has 5 nitrogen and oxygen atoms in total. The Kier molecular flexibility index (Phi) is 7.13. The Morgan fingerprint density at radius 1 is 1.13 bits per heavy atom. The van der Waals surface area contributed by atoms with Gasteiger partial charge in [-0.15, -0.1) is 23.7 Å². The van der Waals surface area contributed by atoms with Gasteiger partial charge in [-0.3, -0.25) is 9.69 Å². The minimum absolute atomic E-state index is 0. The lowest BCUT2D eigenvalue weighted by Crippen LogP contribution is -2.30. The Balaban J connectivity index is 0.00000256. The second-order valence-electron chi connectivity index (χ2n) is 7.03. The predicted molar refractivity (Wildman–Crippen MR) is 124 cm³/mol. The summed E-state index contributed by atoms with van der Waals surface area (Å²) < 4.78 is 5.31. The average Bonchev–Trinajstić information content (AvgIpc) is 3.10. The van der Waals surface area contributed by atoms with Crippen LogP contribution in [-0.2, 0) is 17.7 Å². The minimum Gasteiger partial charge on any atom is -0.462 e. The van der Waals surface area contributed by atoms with Gasteiger partial charge in [0.05, 0.1) is 12.2 Å². The van der Waals surface area contributed by atoms with E-state index >= 15 is 0 Å². The molecule has 4 rings (SSSR count). The van der Waals surface area contributed by atoms with Crippen LogP contribution in [0.3, 0.4) is 0 Å². The maximum absolute atomic E-state index is 13.1. The number of likely N-dealkylation sites (N-methyl/N-ethyl adjacent to an activating group) is 1. The zero-order chi connectivity index (χ0) is 20.4. The van der Waals surface area contributed by atoms with E-state index in [1.807, 2.05) is 42.5 Å². The number of carbonyl (C=O) groups is 2. The first kappa shape index (κ1) is 22.3. The van der Waals surface area contributed by atoms with Crippen molar-refractivity contribution in [1.82, 2.24) is 4.90 Å². The van der Waals surface area contributed by atoms with E-state index in [0.717, 1.165) is 47.3 Å². The van der Waals surface area contributed by atoms with E-state index in [9.17, 15) is 9.59 Å². The molecule has 3 aromatic rings. The second kappa shape index (κ2) is 9.60. The molecule has 0 atom stereocenters. The van der Waals surface area contributed by atoms with Gasteiger partial charge in [0.1, 0.15) is 5.00 Å². The monoisotopic (exact) mass is 444 g/mol. The third kappa shape index (κ3) is 4.21. The van der Waals surface area contributed by atoms with Gasteiger partial charge in [0, 0.05) is 23.5 Å². The first-order valence-corrected chi connectivity index (χ1v) is 10.8. The highest BCUT2D eigenvalue weighted by Crippen LogP contribution is 2.38. The van der Waals surface area contributed by atoms with E-state index in [2.05, 4.69) is 17.1 Å². The summed E-state index contributed by atoms with van der Waals surface area (Å²) in [5, 5.41) is 5.50. The van der Waals surface area contributed by atoms with Crippen LogP contribution >= 0.6 is 23.7 Å². The Bertz CT molecular complexity index is 1070. The maximum Gasteiger partial charge on any atom is 0.341 e. The summed E-state index contributed by atoms with van der Waals surface area (Å²) in [6, 6.07) is 13.5. The van der Waals surface area contributed by atoms with Gasteiger partial charge in [0.2, 0.25) is 0 Å². The number of halogens is 1. The fourth-order valence-electron chi connectivity index (χ4n) is 3.83. The molecular weight excluding hydrogens is 420 g/mol. The Morgan fingerprint density at radius 3 is 2.67 bits per heavy atom. The van der Waals surface area contributed by atoms with Gasteiger partial charge < -0.3 is 10.1 Å². The number of ether oxygens (including phenoxy) is 1. The Hall–Kier alpha value is -2.41. The number of anilines is 1. The van der Waals surface area contributed by atoms with Crippen LogP contribution in [-0.4, -0.2) is 36.5 Å². The molecule has 1 amide bonds. The first-order chi connectivity index (χ1) is 14.1. The fourth-order valence-corrected chi connectivity index (χ4v) is 5.10. The van der Waals surface area contributed by atoms with Crippen LogP contribution in [0.25, 0.3) is 10.8 Å². The first-order valence-electron chi connectivity index (χ1n) is 9.95. The van der Waals surface area contributed by atoms with Crippen molar-refractivity contribution in [2.45, 2.75) is 26.8 Å². The van der Waals surface area contributed by atoms with Crippen molar-refractivity contribution < 1.29 is 14.3 Å². The lowest BCUT2D eigenvalue weighted by molar-refractivity contribution is 0.0526. The van der Waals surface area contributed by atoms with Gasteiger partial charge in [0.15, 0.2) is 0 Å². The van der Waals surface area contributed by atoms with Crippen molar-refractivity contribution in [3.8, 4) is 0 Å². The smallest absolute Gasteiger partial charge is 0.341 e. The summed E-state index contributed by atoms with van der Waals surface area (Å²) in [4.78, 5) is 29.3. The lowest BCUT2D eigenvalue weighted by Gasteiger charge is -2.25. The van der Waals surface area contributed by atoms with Crippen LogP contribution < -0.4 is 5.32 Å². The average molecular weight is 445 g/mol. The molecule has 7 heteroatoms. The Morgan fingerprint density at radius 2 is 1.90 bits per heavy atom. The number of hydrogen-bond acceptors (Lipinski definition) is 5. The molecule has 0 fully saturated rings. The summed E-state index contributed by atoms with van der Waals surface area (Å²) in [5.74, 6) is -0.568. The van der Waals surface area contributed by atoms with Crippen molar-refractivity contribution in [2.24, 2.45) is 0 Å². The van der Waals surface area contributed by atoms with E-state index in [1.54, 1.807) is 6.92 Å². The second-order valence-corrected chi connectivity index (χ2v) is 8.13. The van der Waals surface area contributed by atoms with Crippen LogP contribution in [0.2, 0.25) is 0 Å². The van der Waals surface area contributed by atoms with E-state index in [1.165, 1.54) is 11.3 Å². The number of carbonyl (C=O) groups excluding carboxylic acids is 2. The summed E-state index contributed by atoms with van der Waals surface area (Å²) in [5.41, 5.74) is 2.14. The van der Waals surface area contributed by atoms with Crippen molar-refractivity contribution in [3.63, 3.8) is 0 Å². The quantitative estimate of drug-likeness (QED) is 0.554. The molecule has 0 radical (unpaired) electrons. The summed E-state index contributed by atoms with van der Waals surface area (Å²) in [7, 11) is 0. The number of rotatable bonds is 5. The molecule has 0 saturated carbocycles. The zero-order valence-electron chi connectivity index (χ0n) is 17.1. The molecule has 2 heterocycles. The highest BCUT2D eigenvalue weighted by molar-refractivity contribution is 7.17. The van der Waals surface area contributed by atoms with E-state index < -0.39 is 0 Å². The van der Waals surface area contributed by atoms with Gasteiger partial charge in [-0.2, -0.15) is 0 Å². The number of nitrogens with one attached hydrogen (secondary N) is 1. The Labute approximate surface area is 186 Å². The molecule has 30 heavy (non-hydrogen) atoms. The number of thiophene rings is 1. The van der Waals surface area contributed by atoms with E-state index in [0.29, 0.717) is 22.7 Å². The maximum atomic E-state index is 13.1. The fraction of sp³-hybridized carbons (Fsp3) is 0.304. The number of fused-ring (bicyclic) bond motifs is 2. The molecule has 1 aliphatic heterocycles. The van der Waals surface area contributed by atoms with Crippen LogP contribution in [0.1, 0.15) is 45.0 Å². The van der Waals surface area contributed by atoms with Gasteiger partial charge in [-0.1, -0.05) is 43.3 Å². The van der Waals surface area contributed by atoms with Gasteiger partial charge in [0.25, 0.3) is 5.91 Å². The number of benzene rings is 2. The third-order valence-corrected chi connectivity index (χ3v) is 6.46. The van der Waals surface area contributed by atoms with Crippen molar-refractivity contribution in [3.05, 3.63) is 64.0 Å². The van der Waals surface area contributed by atoms with E-state index in [4.69, 9.17) is 4.74 Å². The highest BCUT2D eigenvalue weighted by atomic mass is 35.5. The molecule has 0 saturated heterocycles. The molecule has 0 aliphatic carbocycles. The molecule has 0 spiro atoms. The van der Waals surface area contributed by atoms with Crippen LogP contribution in [0.4, 0.5) is 5.00 Å². The number of nitrogens with zero attached hydrogens (tertiary/aromatic N) is 1. The lowest BCUT2D eigenvalue weighted by atomic mass is 10.0. The number of esters is 1. The van der Waals surface area contributed by atoms with Gasteiger partial charge in [-0.25, -0.2) is 4.79 Å². The van der Waals surface area contributed by atoms with Crippen molar-refractivity contribution in [1.29, 1.82) is 0 Å². The van der Waals surface area contributed by atoms with E-state index in [-0.39, 0.29) is 24.3 Å². The molecule has 0 bridgehead atoms. The normalized spacial score (nSPS) is 13.4. The summed E-state index contributed by atoms with van der Waals surface area (Å²) in [6.07, 6.45) is 0.790. The van der Waals surface area contributed by atoms with Crippen LogP contribution in [0, 0.1) is 0 Å². The minimum atomic E-state index is -0.358. The zero-order valence-corrected chi connectivity index (χ0v) is 18.7. The van der Waals surface area contributed by atoms with Crippen molar-refractivity contribution in [2.75, 3.05) is 25.0 Å². The van der Waals surface area contributed by atoms with Gasteiger partial charge in [-0.05, 0) is 42.3 Å². The number of hydrogen-bond donors (Lipinski definition) is 1. The molecule has 1 aromatic heterocycles. The predicted octanol–water partition coefficient (Wildman–Crippen LogP) is 5.13. The largest absolute Gasteiger partial charge is 0.462 e. The standard InChI is InChI=1S/C23H24N2O3S.ClH/c1-3-25-13-12-18-19(14-25)29-22(20(18)23(27)28-4-2)24-21(26)17-11-7-9-15-8-5-6-10-16(15)17;/h5-11H,3-4,12-14H2,1-2H3,(H,24,26);1H. The highest BCUT2D eigenvalue weighted by Gasteiger charge is 2.29. The third-order valence-electron chi connectivity index (χ3n) is 5.32. The molecule has 0 unspecified atom stereocenters. The molecule has 1 N–H and O–H groups in total.